The van der Waals surface area contributed by atoms with Crippen molar-refractivity contribution in [1.82, 2.24) is 0 Å². The van der Waals surface area contributed by atoms with E-state index in [1.165, 1.54) is 12.1 Å². The molecule has 0 radical (unpaired) electrons. The van der Waals surface area contributed by atoms with Crippen molar-refractivity contribution in [3.8, 4) is 44.9 Å². The number of aromatic hydroxyl groups is 2. The Bertz CT molecular complexity index is 1930. The Balaban J connectivity index is 1.75. The quantitative estimate of drug-likeness (QED) is 0.178. The number of phenols is 2. The summed E-state index contributed by atoms with van der Waals surface area (Å²) in [5.41, 5.74) is 0.578. The van der Waals surface area contributed by atoms with Crippen molar-refractivity contribution in [2.75, 3.05) is 0 Å². The molecule has 6 rings (SSSR count). The highest BCUT2D eigenvalue weighted by Crippen LogP contribution is 2.51. The van der Waals surface area contributed by atoms with Gasteiger partial charge in [-0.3, -0.25) is 0 Å². The number of halogens is 5. The average molecular weight is 528 g/mol. The number of fused-ring (bicyclic) bond motifs is 2. The molecular weight excluding hydrogens is 511 g/mol. The summed E-state index contributed by atoms with van der Waals surface area (Å²) in [5, 5.41) is 25.5. The minimum absolute atomic E-state index is 0.00297. The van der Waals surface area contributed by atoms with Crippen LogP contribution in [-0.4, -0.2) is 10.2 Å². The van der Waals surface area contributed by atoms with E-state index in [4.69, 9.17) is 0 Å². The minimum Gasteiger partial charge on any atom is -0.507 e. The largest absolute Gasteiger partial charge is 0.507 e. The van der Waals surface area contributed by atoms with Crippen molar-refractivity contribution in [1.29, 1.82) is 0 Å². The van der Waals surface area contributed by atoms with Crippen LogP contribution in [0.4, 0.5) is 22.0 Å². The monoisotopic (exact) mass is 528 g/mol. The number of hydrogen-bond acceptors (Lipinski definition) is 2. The predicted molar refractivity (Wildman–Crippen MR) is 141 cm³/mol. The lowest BCUT2D eigenvalue weighted by Crippen LogP contribution is -1.95. The Morgan fingerprint density at radius 2 is 0.897 bits per heavy atom. The smallest absolute Gasteiger partial charge is 0.194 e. The molecule has 192 valence electrons. The third-order valence-corrected chi connectivity index (χ3v) is 6.82. The van der Waals surface area contributed by atoms with Gasteiger partial charge < -0.3 is 10.2 Å². The number of phenolic OH excluding ortho intramolecular Hbond substituents is 2. The standard InChI is InChI=1S/C32H17F5O2/c33-24-10-9-18(13-25(24)34)22-11-16-5-1-3-7-20(16)28(31(22)38)29-21-8-4-2-6-17(21)12-23(32(29)39)19-14-26(35)30(37)27(36)15-19/h1-15,38-39H. The highest BCUT2D eigenvalue weighted by atomic mass is 19.2. The fourth-order valence-electron chi connectivity index (χ4n) is 4.99. The van der Waals surface area contributed by atoms with E-state index in [0.717, 1.165) is 24.3 Å². The second kappa shape index (κ2) is 9.13. The van der Waals surface area contributed by atoms with E-state index >= 15 is 0 Å². The Morgan fingerprint density at radius 1 is 0.436 bits per heavy atom. The molecule has 2 nitrogen and oxygen atoms in total. The predicted octanol–water partition coefficient (Wildman–Crippen LogP) is 9.10. The zero-order chi connectivity index (χ0) is 27.4. The van der Waals surface area contributed by atoms with Crippen molar-refractivity contribution in [3.05, 3.63) is 120 Å². The topological polar surface area (TPSA) is 40.5 Å². The average Bonchev–Trinajstić information content (AvgIpc) is 2.93. The highest BCUT2D eigenvalue weighted by Gasteiger charge is 2.24. The summed E-state index contributed by atoms with van der Waals surface area (Å²) in [6, 6.07) is 21.8. The van der Waals surface area contributed by atoms with Gasteiger partial charge in [-0.15, -0.1) is 0 Å². The van der Waals surface area contributed by atoms with Crippen LogP contribution in [0.15, 0.2) is 91.0 Å². The Morgan fingerprint density at radius 3 is 1.41 bits per heavy atom. The Labute approximate surface area is 218 Å². The zero-order valence-electron chi connectivity index (χ0n) is 19.9. The van der Waals surface area contributed by atoms with Gasteiger partial charge in [-0.05, 0) is 69.1 Å². The first kappa shape index (κ1) is 24.4. The zero-order valence-corrected chi connectivity index (χ0v) is 19.9. The fraction of sp³-hybridized carbons (Fsp3) is 0. The van der Waals surface area contributed by atoms with Crippen LogP contribution in [0.25, 0.3) is 54.9 Å². The van der Waals surface area contributed by atoms with Crippen molar-refractivity contribution < 1.29 is 32.2 Å². The van der Waals surface area contributed by atoms with Crippen molar-refractivity contribution >= 4 is 21.5 Å². The Hall–Kier alpha value is -4.91. The maximum atomic E-state index is 14.2. The summed E-state index contributed by atoms with van der Waals surface area (Å²) in [6.07, 6.45) is 0. The van der Waals surface area contributed by atoms with Gasteiger partial charge >= 0.3 is 0 Å². The summed E-state index contributed by atoms with van der Waals surface area (Å²) in [5.74, 6) is -7.37. The molecule has 0 aliphatic rings. The van der Waals surface area contributed by atoms with Gasteiger partial charge in [-0.1, -0.05) is 54.6 Å². The van der Waals surface area contributed by atoms with Gasteiger partial charge in [0.15, 0.2) is 29.1 Å². The van der Waals surface area contributed by atoms with Crippen molar-refractivity contribution in [3.63, 3.8) is 0 Å². The molecule has 6 aromatic carbocycles. The maximum absolute atomic E-state index is 14.2. The van der Waals surface area contributed by atoms with Gasteiger partial charge in [-0.2, -0.15) is 0 Å². The van der Waals surface area contributed by atoms with E-state index in [9.17, 15) is 32.2 Å². The first-order valence-electron chi connectivity index (χ1n) is 11.8. The van der Waals surface area contributed by atoms with E-state index < -0.39 is 34.8 Å². The van der Waals surface area contributed by atoms with Gasteiger partial charge in [0.05, 0.1) is 0 Å². The number of rotatable bonds is 3. The molecular formula is C32H17F5O2. The van der Waals surface area contributed by atoms with Crippen LogP contribution in [0.5, 0.6) is 11.5 Å². The first-order valence-corrected chi connectivity index (χ1v) is 11.8. The highest BCUT2D eigenvalue weighted by molar-refractivity contribution is 6.13. The molecule has 0 fully saturated rings. The third kappa shape index (κ3) is 3.94. The van der Waals surface area contributed by atoms with Gasteiger partial charge in [0.1, 0.15) is 11.5 Å². The molecule has 0 saturated heterocycles. The molecule has 0 atom stereocenters. The summed E-state index contributed by atoms with van der Waals surface area (Å²) in [4.78, 5) is 0. The van der Waals surface area contributed by atoms with Crippen molar-refractivity contribution in [2.45, 2.75) is 0 Å². The lowest BCUT2D eigenvalue weighted by atomic mass is 9.86. The molecule has 0 aliphatic heterocycles. The van der Waals surface area contributed by atoms with Crippen LogP contribution in [0.1, 0.15) is 0 Å². The van der Waals surface area contributed by atoms with E-state index in [-0.39, 0.29) is 39.1 Å². The van der Waals surface area contributed by atoms with Gasteiger partial charge in [0.2, 0.25) is 0 Å². The van der Waals surface area contributed by atoms with Crippen LogP contribution in [0, 0.1) is 29.1 Å². The second-order valence-corrected chi connectivity index (χ2v) is 9.12. The van der Waals surface area contributed by atoms with Crippen LogP contribution in [-0.2, 0) is 0 Å². The molecule has 0 amide bonds. The third-order valence-electron chi connectivity index (χ3n) is 6.82. The lowest BCUT2D eigenvalue weighted by molar-refractivity contribution is 0.447. The molecule has 0 saturated carbocycles. The first-order chi connectivity index (χ1) is 18.7. The molecule has 0 bridgehead atoms. The molecule has 0 unspecified atom stereocenters. The van der Waals surface area contributed by atoms with Gasteiger partial charge in [0.25, 0.3) is 0 Å². The summed E-state index contributed by atoms with van der Waals surface area (Å²) in [6.45, 7) is 0. The van der Waals surface area contributed by atoms with Crippen LogP contribution >= 0.6 is 0 Å². The molecule has 2 N–H and O–H groups in total. The van der Waals surface area contributed by atoms with E-state index in [1.807, 2.05) is 0 Å². The molecule has 7 heteroatoms. The molecule has 0 heterocycles. The molecule has 0 spiro atoms. The van der Waals surface area contributed by atoms with Crippen molar-refractivity contribution in [2.24, 2.45) is 0 Å². The van der Waals surface area contributed by atoms with Crippen LogP contribution in [0.2, 0.25) is 0 Å². The molecule has 0 aliphatic carbocycles. The summed E-state index contributed by atoms with van der Waals surface area (Å²) >= 11 is 0. The van der Waals surface area contributed by atoms with Crippen LogP contribution in [0.3, 0.4) is 0 Å². The second-order valence-electron chi connectivity index (χ2n) is 9.12. The van der Waals surface area contributed by atoms with E-state index in [0.29, 0.717) is 21.5 Å². The molecule has 39 heavy (non-hydrogen) atoms. The van der Waals surface area contributed by atoms with Gasteiger partial charge in [0, 0.05) is 22.3 Å². The summed E-state index contributed by atoms with van der Waals surface area (Å²) in [7, 11) is 0. The molecule has 0 aromatic heterocycles. The number of hydrogen-bond donors (Lipinski definition) is 2. The van der Waals surface area contributed by atoms with E-state index in [1.54, 1.807) is 54.6 Å². The van der Waals surface area contributed by atoms with Crippen LogP contribution < -0.4 is 0 Å². The number of benzene rings is 6. The molecule has 6 aromatic rings. The lowest BCUT2D eigenvalue weighted by Gasteiger charge is -2.19. The Kier molecular flexibility index (Phi) is 5.72. The van der Waals surface area contributed by atoms with E-state index in [2.05, 4.69) is 0 Å². The maximum Gasteiger partial charge on any atom is 0.194 e. The SMILES string of the molecule is Oc1c(-c2ccc(F)c(F)c2)cc2ccccc2c1-c1c(O)c(-c2cc(F)c(F)c(F)c2)cc2ccccc12. The van der Waals surface area contributed by atoms with Gasteiger partial charge in [-0.25, -0.2) is 22.0 Å². The minimum atomic E-state index is -1.64. The summed E-state index contributed by atoms with van der Waals surface area (Å²) < 4.78 is 69.9. The fourth-order valence-corrected chi connectivity index (χ4v) is 4.99. The normalized spacial score (nSPS) is 11.4.